The lowest BCUT2D eigenvalue weighted by atomic mass is 10.1. The van der Waals surface area contributed by atoms with Crippen LogP contribution in [-0.2, 0) is 9.59 Å². The Hall–Kier alpha value is -0.940. The fraction of sp³-hybridized carbons (Fsp3) is 0.667. The van der Waals surface area contributed by atoms with Gasteiger partial charge in [0.2, 0.25) is 0 Å². The summed E-state index contributed by atoms with van der Waals surface area (Å²) >= 11 is 0. The molecule has 0 aliphatic rings. The van der Waals surface area contributed by atoms with E-state index in [4.69, 9.17) is 16.6 Å². The molecule has 2 unspecified atom stereocenters. The molecule has 0 saturated carbocycles. The zero-order valence-electron chi connectivity index (χ0n) is 6.28. The molecule has 0 aliphatic heterocycles. The van der Waals surface area contributed by atoms with Crippen molar-refractivity contribution < 1.29 is 14.7 Å². The summed E-state index contributed by atoms with van der Waals surface area (Å²) < 4.78 is 0. The quantitative estimate of drug-likeness (QED) is 0.474. The third-order valence-electron chi connectivity index (χ3n) is 1.25. The maximum absolute atomic E-state index is 10.8. The van der Waals surface area contributed by atoms with Gasteiger partial charge in [0, 0.05) is 6.42 Å². The van der Waals surface area contributed by atoms with Crippen molar-refractivity contribution in [2.45, 2.75) is 25.4 Å². The van der Waals surface area contributed by atoms with Gasteiger partial charge < -0.3 is 16.6 Å². The van der Waals surface area contributed by atoms with E-state index in [1.807, 2.05) is 0 Å². The normalized spacial score (nSPS) is 15.5. The standard InChI is InChI=1S/C6H12N2O3/c1-3(7)5(9)2-4(8)6(10)11/h3-4H,2,7-8H2,1H3,(H,10,11). The number of carboxylic acids is 1. The molecule has 0 aromatic heterocycles. The van der Waals surface area contributed by atoms with E-state index in [2.05, 4.69) is 0 Å². The lowest BCUT2D eigenvalue weighted by Gasteiger charge is -2.06. The largest absolute Gasteiger partial charge is 0.480 e. The Morgan fingerprint density at radius 2 is 1.91 bits per heavy atom. The molecule has 0 saturated heterocycles. The van der Waals surface area contributed by atoms with Crippen LogP contribution < -0.4 is 11.5 Å². The number of aliphatic carboxylic acids is 1. The smallest absolute Gasteiger partial charge is 0.320 e. The Kier molecular flexibility index (Phi) is 3.70. The number of carbonyl (C=O) groups is 2. The SMILES string of the molecule is CC(N)C(=O)CC(N)C(=O)O. The number of hydrogen-bond donors (Lipinski definition) is 3. The lowest BCUT2D eigenvalue weighted by molar-refractivity contribution is -0.140. The Balaban J connectivity index is 3.85. The van der Waals surface area contributed by atoms with Gasteiger partial charge in [0.25, 0.3) is 0 Å². The maximum atomic E-state index is 10.8. The summed E-state index contributed by atoms with van der Waals surface area (Å²) in [4.78, 5) is 20.9. The first-order valence-corrected chi connectivity index (χ1v) is 3.22. The second-order valence-electron chi connectivity index (χ2n) is 2.40. The van der Waals surface area contributed by atoms with Crippen molar-refractivity contribution in [2.24, 2.45) is 11.5 Å². The van der Waals surface area contributed by atoms with E-state index in [0.717, 1.165) is 0 Å². The highest BCUT2D eigenvalue weighted by molar-refractivity contribution is 5.88. The monoisotopic (exact) mass is 160 g/mol. The second-order valence-corrected chi connectivity index (χ2v) is 2.40. The molecular formula is C6H12N2O3. The number of ketones is 1. The highest BCUT2D eigenvalue weighted by Crippen LogP contribution is 1.92. The number of Topliss-reactive ketones (excluding diaryl/α,β-unsaturated/α-hetero) is 1. The predicted octanol–water partition coefficient (Wildman–Crippen LogP) is -1.30. The Bertz CT molecular complexity index is 167. The number of hydrogen-bond acceptors (Lipinski definition) is 4. The molecular weight excluding hydrogens is 148 g/mol. The zero-order valence-corrected chi connectivity index (χ0v) is 6.28. The van der Waals surface area contributed by atoms with Gasteiger partial charge in [-0.25, -0.2) is 0 Å². The Labute approximate surface area is 64.4 Å². The molecule has 5 N–H and O–H groups in total. The summed E-state index contributed by atoms with van der Waals surface area (Å²) in [6.07, 6.45) is -0.201. The molecule has 0 bridgehead atoms. The average molecular weight is 160 g/mol. The summed E-state index contributed by atoms with van der Waals surface area (Å²) in [6, 6.07) is -1.77. The number of carboxylic acid groups (broad SMARTS) is 1. The Morgan fingerprint density at radius 1 is 1.45 bits per heavy atom. The van der Waals surface area contributed by atoms with E-state index < -0.39 is 18.1 Å². The molecule has 0 heterocycles. The van der Waals surface area contributed by atoms with Crippen LogP contribution in [0, 0.1) is 0 Å². The van der Waals surface area contributed by atoms with Gasteiger partial charge in [-0.15, -0.1) is 0 Å². The van der Waals surface area contributed by atoms with Crippen LogP contribution in [0.15, 0.2) is 0 Å². The van der Waals surface area contributed by atoms with E-state index in [1.165, 1.54) is 6.92 Å². The molecule has 0 fully saturated rings. The van der Waals surface area contributed by atoms with Gasteiger partial charge in [-0.3, -0.25) is 9.59 Å². The van der Waals surface area contributed by atoms with Gasteiger partial charge in [-0.2, -0.15) is 0 Å². The third-order valence-corrected chi connectivity index (χ3v) is 1.25. The van der Waals surface area contributed by atoms with Crippen LogP contribution in [0.2, 0.25) is 0 Å². The van der Waals surface area contributed by atoms with Gasteiger partial charge in [-0.05, 0) is 6.92 Å². The van der Waals surface area contributed by atoms with E-state index in [0.29, 0.717) is 0 Å². The van der Waals surface area contributed by atoms with Crippen molar-refractivity contribution in [1.82, 2.24) is 0 Å². The first-order chi connectivity index (χ1) is 4.95. The first kappa shape index (κ1) is 10.1. The fourth-order valence-electron chi connectivity index (χ4n) is 0.490. The highest BCUT2D eigenvalue weighted by Gasteiger charge is 2.17. The molecule has 64 valence electrons. The molecule has 0 amide bonds. The van der Waals surface area contributed by atoms with Crippen LogP contribution in [-0.4, -0.2) is 28.9 Å². The van der Waals surface area contributed by atoms with Crippen molar-refractivity contribution in [2.75, 3.05) is 0 Å². The Morgan fingerprint density at radius 3 is 2.18 bits per heavy atom. The minimum atomic E-state index is -1.18. The minimum absolute atomic E-state index is 0.201. The van der Waals surface area contributed by atoms with Crippen LogP contribution in [0.3, 0.4) is 0 Å². The van der Waals surface area contributed by atoms with Crippen molar-refractivity contribution >= 4 is 11.8 Å². The molecule has 0 rings (SSSR count). The molecule has 11 heavy (non-hydrogen) atoms. The first-order valence-electron chi connectivity index (χ1n) is 3.22. The molecule has 0 radical (unpaired) electrons. The van der Waals surface area contributed by atoms with E-state index >= 15 is 0 Å². The van der Waals surface area contributed by atoms with Crippen LogP contribution in [0.25, 0.3) is 0 Å². The maximum Gasteiger partial charge on any atom is 0.320 e. The van der Waals surface area contributed by atoms with Gasteiger partial charge in [0.15, 0.2) is 5.78 Å². The lowest BCUT2D eigenvalue weighted by Crippen LogP contribution is -2.37. The number of nitrogens with two attached hydrogens (primary N) is 2. The van der Waals surface area contributed by atoms with Gasteiger partial charge >= 0.3 is 5.97 Å². The predicted molar refractivity (Wildman–Crippen MR) is 38.9 cm³/mol. The third kappa shape index (κ3) is 3.69. The van der Waals surface area contributed by atoms with Crippen molar-refractivity contribution in [1.29, 1.82) is 0 Å². The van der Waals surface area contributed by atoms with E-state index in [1.54, 1.807) is 0 Å². The topological polar surface area (TPSA) is 106 Å². The highest BCUT2D eigenvalue weighted by atomic mass is 16.4. The minimum Gasteiger partial charge on any atom is -0.480 e. The molecule has 0 aliphatic carbocycles. The van der Waals surface area contributed by atoms with Gasteiger partial charge in [0.1, 0.15) is 6.04 Å². The summed E-state index contributed by atoms with van der Waals surface area (Å²) in [5.74, 6) is -1.51. The van der Waals surface area contributed by atoms with Crippen LogP contribution >= 0.6 is 0 Å². The number of rotatable bonds is 4. The average Bonchev–Trinajstić information content (AvgIpc) is 1.87. The van der Waals surface area contributed by atoms with Gasteiger partial charge in [0.05, 0.1) is 6.04 Å². The van der Waals surface area contributed by atoms with E-state index in [-0.39, 0.29) is 12.2 Å². The summed E-state index contributed by atoms with van der Waals surface area (Å²) in [7, 11) is 0. The molecule has 0 aromatic rings. The van der Waals surface area contributed by atoms with Crippen LogP contribution in [0.5, 0.6) is 0 Å². The molecule has 2 atom stereocenters. The fourth-order valence-corrected chi connectivity index (χ4v) is 0.490. The molecule has 5 heteroatoms. The van der Waals surface area contributed by atoms with E-state index in [9.17, 15) is 9.59 Å². The summed E-state index contributed by atoms with van der Waals surface area (Å²) in [5, 5.41) is 8.29. The van der Waals surface area contributed by atoms with Crippen molar-refractivity contribution in [3.8, 4) is 0 Å². The zero-order chi connectivity index (χ0) is 9.02. The van der Waals surface area contributed by atoms with Crippen LogP contribution in [0.4, 0.5) is 0 Å². The molecule has 5 nitrogen and oxygen atoms in total. The van der Waals surface area contributed by atoms with Gasteiger partial charge in [-0.1, -0.05) is 0 Å². The van der Waals surface area contributed by atoms with Crippen LogP contribution in [0.1, 0.15) is 13.3 Å². The summed E-state index contributed by atoms with van der Waals surface area (Å²) in [6.45, 7) is 1.50. The van der Waals surface area contributed by atoms with Crippen molar-refractivity contribution in [3.05, 3.63) is 0 Å². The summed E-state index contributed by atoms with van der Waals surface area (Å²) in [5.41, 5.74) is 10.3. The van der Waals surface area contributed by atoms with Crippen molar-refractivity contribution in [3.63, 3.8) is 0 Å². The molecule has 0 aromatic carbocycles. The second kappa shape index (κ2) is 4.05. The molecule has 0 spiro atoms. The number of carbonyl (C=O) groups excluding carboxylic acids is 1.